The molecule has 0 aliphatic rings. The van der Waals surface area contributed by atoms with Crippen LogP contribution in [0.3, 0.4) is 0 Å². The first kappa shape index (κ1) is 11.3. The Morgan fingerprint density at radius 2 is 1.94 bits per heavy atom. The van der Waals surface area contributed by atoms with E-state index in [9.17, 15) is 10.0 Å². The molecule has 0 aliphatic heterocycles. The van der Waals surface area contributed by atoms with E-state index in [-0.39, 0.29) is 0 Å². The number of hydrogen-bond donors (Lipinski definition) is 2. The Morgan fingerprint density at radius 3 is 2.56 bits per heavy atom. The zero-order valence-corrected chi connectivity index (χ0v) is 9.40. The van der Waals surface area contributed by atoms with E-state index in [1.165, 1.54) is 7.11 Å². The molecule has 0 amide bonds. The van der Waals surface area contributed by atoms with E-state index in [0.29, 0.717) is 16.2 Å². The van der Waals surface area contributed by atoms with Crippen LogP contribution in [-0.4, -0.2) is 24.3 Å². The zero-order valence-electron chi connectivity index (χ0n) is 8.64. The standard InChI is InChI=1S/C11H10BClO3/c1-16-11-9-4-3-8(13)6-7(9)2-5-10(11)12(14)15/h2-6,14-15H,1H3. The Bertz CT molecular complexity index is 528. The average molecular weight is 236 g/mol. The lowest BCUT2D eigenvalue weighted by molar-refractivity contribution is 0.406. The SMILES string of the molecule is COc1c(B(O)O)ccc2cc(Cl)ccc12. The van der Waals surface area contributed by atoms with Gasteiger partial charge >= 0.3 is 7.12 Å². The highest BCUT2D eigenvalue weighted by molar-refractivity contribution is 6.60. The summed E-state index contributed by atoms with van der Waals surface area (Å²) in [5, 5.41) is 20.7. The van der Waals surface area contributed by atoms with Gasteiger partial charge in [0.25, 0.3) is 0 Å². The fourth-order valence-electron chi connectivity index (χ4n) is 1.72. The van der Waals surface area contributed by atoms with Crippen LogP contribution in [-0.2, 0) is 0 Å². The molecule has 82 valence electrons. The number of ether oxygens (including phenoxy) is 1. The predicted octanol–water partition coefficient (Wildman–Crippen LogP) is 1.18. The molecule has 2 rings (SSSR count). The summed E-state index contributed by atoms with van der Waals surface area (Å²) < 4.78 is 5.20. The monoisotopic (exact) mass is 236 g/mol. The van der Waals surface area contributed by atoms with E-state index >= 15 is 0 Å². The average Bonchev–Trinajstić information content (AvgIpc) is 2.26. The summed E-state index contributed by atoms with van der Waals surface area (Å²) >= 11 is 5.88. The van der Waals surface area contributed by atoms with Gasteiger partial charge in [-0.3, -0.25) is 0 Å². The fourth-order valence-corrected chi connectivity index (χ4v) is 1.90. The molecule has 0 saturated carbocycles. The lowest BCUT2D eigenvalue weighted by Gasteiger charge is -2.11. The first-order valence-corrected chi connectivity index (χ1v) is 5.13. The Labute approximate surface area is 98.4 Å². The molecule has 2 aromatic carbocycles. The third kappa shape index (κ3) is 1.87. The van der Waals surface area contributed by atoms with Crippen LogP contribution in [0.25, 0.3) is 10.8 Å². The summed E-state index contributed by atoms with van der Waals surface area (Å²) in [7, 11) is -0.0510. The van der Waals surface area contributed by atoms with Gasteiger partial charge in [0.05, 0.1) is 7.11 Å². The van der Waals surface area contributed by atoms with Crippen molar-refractivity contribution in [1.29, 1.82) is 0 Å². The van der Waals surface area contributed by atoms with Crippen LogP contribution in [0.2, 0.25) is 5.02 Å². The molecule has 0 unspecified atom stereocenters. The smallest absolute Gasteiger partial charge is 0.492 e. The van der Waals surface area contributed by atoms with Crippen LogP contribution in [0.4, 0.5) is 0 Å². The Kier molecular flexibility index (Phi) is 3.05. The number of methoxy groups -OCH3 is 1. The summed E-state index contributed by atoms with van der Waals surface area (Å²) in [6.07, 6.45) is 0. The molecule has 0 fully saturated rings. The van der Waals surface area contributed by atoms with Crippen molar-refractivity contribution in [2.45, 2.75) is 0 Å². The quantitative estimate of drug-likeness (QED) is 0.770. The largest absolute Gasteiger partial charge is 0.496 e. The van der Waals surface area contributed by atoms with Gasteiger partial charge < -0.3 is 14.8 Å². The molecule has 16 heavy (non-hydrogen) atoms. The zero-order chi connectivity index (χ0) is 11.7. The maximum Gasteiger partial charge on any atom is 0.492 e. The van der Waals surface area contributed by atoms with Gasteiger partial charge in [-0.15, -0.1) is 0 Å². The second kappa shape index (κ2) is 4.33. The second-order valence-electron chi connectivity index (χ2n) is 3.43. The Morgan fingerprint density at radius 1 is 1.19 bits per heavy atom. The minimum absolute atomic E-state index is 0.345. The van der Waals surface area contributed by atoms with Gasteiger partial charge in [0.15, 0.2) is 0 Å². The molecular formula is C11H10BClO3. The van der Waals surface area contributed by atoms with E-state index in [2.05, 4.69) is 0 Å². The van der Waals surface area contributed by atoms with Gasteiger partial charge in [-0.2, -0.15) is 0 Å². The molecule has 0 radical (unpaired) electrons. The van der Waals surface area contributed by atoms with Crippen molar-refractivity contribution >= 4 is 35.0 Å². The van der Waals surface area contributed by atoms with E-state index in [4.69, 9.17) is 16.3 Å². The summed E-state index contributed by atoms with van der Waals surface area (Å²) in [6.45, 7) is 0. The van der Waals surface area contributed by atoms with Gasteiger partial charge in [0, 0.05) is 15.9 Å². The van der Waals surface area contributed by atoms with Gasteiger partial charge in [-0.05, 0) is 23.6 Å². The highest BCUT2D eigenvalue weighted by atomic mass is 35.5. The van der Waals surface area contributed by atoms with Crippen LogP contribution in [0, 0.1) is 0 Å². The molecule has 0 atom stereocenters. The third-order valence-corrected chi connectivity index (χ3v) is 2.68. The van der Waals surface area contributed by atoms with Crippen molar-refractivity contribution < 1.29 is 14.8 Å². The number of halogens is 1. The summed E-state index contributed by atoms with van der Waals surface area (Å²) in [5.41, 5.74) is 0.345. The van der Waals surface area contributed by atoms with E-state index in [1.807, 2.05) is 0 Å². The predicted molar refractivity (Wildman–Crippen MR) is 65.3 cm³/mol. The maximum absolute atomic E-state index is 9.20. The number of benzene rings is 2. The van der Waals surface area contributed by atoms with Gasteiger partial charge in [0.1, 0.15) is 5.75 Å². The van der Waals surface area contributed by atoms with Crippen molar-refractivity contribution in [3.8, 4) is 5.75 Å². The molecule has 5 heteroatoms. The van der Waals surface area contributed by atoms with Crippen LogP contribution < -0.4 is 10.2 Å². The van der Waals surface area contributed by atoms with Crippen molar-refractivity contribution in [2.75, 3.05) is 7.11 Å². The number of rotatable bonds is 2. The second-order valence-corrected chi connectivity index (χ2v) is 3.86. The van der Waals surface area contributed by atoms with E-state index in [0.717, 1.165) is 10.8 Å². The van der Waals surface area contributed by atoms with E-state index in [1.54, 1.807) is 30.3 Å². The molecular weight excluding hydrogens is 226 g/mol. The first-order chi connectivity index (χ1) is 7.63. The van der Waals surface area contributed by atoms with Crippen molar-refractivity contribution in [3.05, 3.63) is 35.4 Å². The molecule has 2 N–H and O–H groups in total. The molecule has 2 aromatic rings. The van der Waals surface area contributed by atoms with Crippen LogP contribution >= 0.6 is 11.6 Å². The third-order valence-electron chi connectivity index (χ3n) is 2.45. The number of fused-ring (bicyclic) bond motifs is 1. The summed E-state index contributed by atoms with van der Waals surface area (Å²) in [5.74, 6) is 0.462. The van der Waals surface area contributed by atoms with Gasteiger partial charge in [-0.25, -0.2) is 0 Å². The topological polar surface area (TPSA) is 49.7 Å². The molecule has 0 bridgehead atoms. The van der Waals surface area contributed by atoms with Gasteiger partial charge in [0.2, 0.25) is 0 Å². The summed E-state index contributed by atoms with van der Waals surface area (Å²) in [4.78, 5) is 0. The Balaban J connectivity index is 2.75. The van der Waals surface area contributed by atoms with Crippen molar-refractivity contribution in [2.24, 2.45) is 0 Å². The molecule has 3 nitrogen and oxygen atoms in total. The fraction of sp³-hybridized carbons (Fsp3) is 0.0909. The highest BCUT2D eigenvalue weighted by Crippen LogP contribution is 2.26. The minimum atomic E-state index is -1.55. The minimum Gasteiger partial charge on any atom is -0.496 e. The molecule has 0 heterocycles. The molecule has 0 aliphatic carbocycles. The Hall–Kier alpha value is -1.23. The van der Waals surface area contributed by atoms with E-state index < -0.39 is 7.12 Å². The first-order valence-electron chi connectivity index (χ1n) is 4.76. The van der Waals surface area contributed by atoms with Crippen LogP contribution in [0.15, 0.2) is 30.3 Å². The van der Waals surface area contributed by atoms with Crippen LogP contribution in [0.1, 0.15) is 0 Å². The highest BCUT2D eigenvalue weighted by Gasteiger charge is 2.18. The lowest BCUT2D eigenvalue weighted by Crippen LogP contribution is -2.31. The van der Waals surface area contributed by atoms with Crippen molar-refractivity contribution in [1.82, 2.24) is 0 Å². The maximum atomic E-state index is 9.20. The number of hydrogen-bond acceptors (Lipinski definition) is 3. The molecule has 0 spiro atoms. The summed E-state index contributed by atoms with van der Waals surface area (Å²) in [6, 6.07) is 8.72. The van der Waals surface area contributed by atoms with Gasteiger partial charge in [-0.1, -0.05) is 23.7 Å². The normalized spacial score (nSPS) is 10.5. The van der Waals surface area contributed by atoms with Crippen molar-refractivity contribution in [3.63, 3.8) is 0 Å². The lowest BCUT2D eigenvalue weighted by atomic mass is 9.78. The molecule has 0 saturated heterocycles. The molecule has 0 aromatic heterocycles. The van der Waals surface area contributed by atoms with Crippen LogP contribution in [0.5, 0.6) is 5.75 Å².